The molecule has 8 heteroatoms. The molecule has 96 valence electrons. The fourth-order valence-corrected chi connectivity index (χ4v) is 2.35. The van der Waals surface area contributed by atoms with Crippen LogP contribution in [0.25, 0.3) is 5.78 Å². The standard InChI is InChI=1S/C10H10F3N5/c1-17-4-2-3-6-7(10(11,12)13)15-9-16-14-5-18(9)8(6)17/h5H,2-4H2,1H3. The molecule has 1 aliphatic heterocycles. The minimum Gasteiger partial charge on any atom is -0.360 e. The molecule has 1 aliphatic rings. The van der Waals surface area contributed by atoms with Crippen molar-refractivity contribution < 1.29 is 13.2 Å². The first kappa shape index (κ1) is 11.2. The summed E-state index contributed by atoms with van der Waals surface area (Å²) in [6, 6.07) is 0. The maximum Gasteiger partial charge on any atom is 0.433 e. The summed E-state index contributed by atoms with van der Waals surface area (Å²) < 4.78 is 40.5. The van der Waals surface area contributed by atoms with Crippen LogP contribution < -0.4 is 4.90 Å². The number of alkyl halides is 3. The average Bonchev–Trinajstić information content (AvgIpc) is 2.74. The number of nitrogens with zero attached hydrogens (tertiary/aromatic N) is 5. The Morgan fingerprint density at radius 1 is 1.33 bits per heavy atom. The van der Waals surface area contributed by atoms with Crippen molar-refractivity contribution in [2.24, 2.45) is 0 Å². The van der Waals surface area contributed by atoms with Crippen molar-refractivity contribution in [3.05, 3.63) is 17.6 Å². The molecule has 0 aromatic carbocycles. The van der Waals surface area contributed by atoms with E-state index >= 15 is 0 Å². The van der Waals surface area contributed by atoms with Gasteiger partial charge in [0.1, 0.15) is 12.1 Å². The second-order valence-corrected chi connectivity index (χ2v) is 4.29. The molecule has 0 atom stereocenters. The van der Waals surface area contributed by atoms with Crippen LogP contribution in [0.5, 0.6) is 0 Å². The molecule has 5 nitrogen and oxygen atoms in total. The summed E-state index contributed by atoms with van der Waals surface area (Å²) in [5, 5.41) is 7.23. The predicted molar refractivity (Wildman–Crippen MR) is 57.4 cm³/mol. The lowest BCUT2D eigenvalue weighted by Gasteiger charge is -2.29. The summed E-state index contributed by atoms with van der Waals surface area (Å²) in [6.45, 7) is 0.710. The molecule has 0 N–H and O–H groups in total. The molecule has 0 amide bonds. The third-order valence-electron chi connectivity index (χ3n) is 3.08. The van der Waals surface area contributed by atoms with Gasteiger partial charge in [-0.2, -0.15) is 13.2 Å². The molecule has 0 saturated carbocycles. The fourth-order valence-electron chi connectivity index (χ4n) is 2.35. The van der Waals surface area contributed by atoms with Gasteiger partial charge >= 0.3 is 6.18 Å². The first-order chi connectivity index (χ1) is 8.48. The van der Waals surface area contributed by atoms with Crippen molar-refractivity contribution in [3.8, 4) is 0 Å². The summed E-state index contributed by atoms with van der Waals surface area (Å²) in [4.78, 5) is 5.38. The van der Waals surface area contributed by atoms with Crippen molar-refractivity contribution in [2.45, 2.75) is 19.0 Å². The first-order valence-electron chi connectivity index (χ1n) is 5.49. The summed E-state index contributed by atoms with van der Waals surface area (Å²) >= 11 is 0. The average molecular weight is 257 g/mol. The van der Waals surface area contributed by atoms with Gasteiger partial charge in [-0.25, -0.2) is 4.98 Å². The highest BCUT2D eigenvalue weighted by Gasteiger charge is 2.39. The topological polar surface area (TPSA) is 46.3 Å². The lowest BCUT2D eigenvalue weighted by molar-refractivity contribution is -0.141. The van der Waals surface area contributed by atoms with Gasteiger partial charge in [-0.05, 0) is 12.8 Å². The third kappa shape index (κ3) is 1.52. The lowest BCUT2D eigenvalue weighted by Crippen LogP contribution is -2.30. The molecular weight excluding hydrogens is 247 g/mol. The molecule has 0 fully saturated rings. The van der Waals surface area contributed by atoms with Crippen molar-refractivity contribution in [2.75, 3.05) is 18.5 Å². The van der Waals surface area contributed by atoms with E-state index in [1.54, 1.807) is 11.9 Å². The zero-order valence-electron chi connectivity index (χ0n) is 9.57. The molecule has 3 heterocycles. The van der Waals surface area contributed by atoms with Gasteiger partial charge in [0.2, 0.25) is 0 Å². The van der Waals surface area contributed by atoms with Gasteiger partial charge < -0.3 is 4.90 Å². The molecular formula is C10H10F3N5. The number of aromatic nitrogens is 4. The van der Waals surface area contributed by atoms with Crippen LogP contribution in [0.15, 0.2) is 6.33 Å². The molecule has 18 heavy (non-hydrogen) atoms. The monoisotopic (exact) mass is 257 g/mol. The van der Waals surface area contributed by atoms with E-state index in [1.165, 1.54) is 10.7 Å². The largest absolute Gasteiger partial charge is 0.433 e. The summed E-state index contributed by atoms with van der Waals surface area (Å²) in [7, 11) is 1.76. The van der Waals surface area contributed by atoms with E-state index in [4.69, 9.17) is 0 Å². The number of anilines is 1. The van der Waals surface area contributed by atoms with Crippen molar-refractivity contribution in [1.82, 2.24) is 19.6 Å². The highest BCUT2D eigenvalue weighted by Crippen LogP contribution is 2.37. The predicted octanol–water partition coefficient (Wildman–Crippen LogP) is 1.53. The Morgan fingerprint density at radius 3 is 2.83 bits per heavy atom. The Labute approximate surface area is 100 Å². The van der Waals surface area contributed by atoms with Crippen LogP contribution in [-0.2, 0) is 12.6 Å². The minimum atomic E-state index is -4.46. The highest BCUT2D eigenvalue weighted by atomic mass is 19.4. The molecule has 2 aromatic heterocycles. The minimum absolute atomic E-state index is 0.0187. The number of halogens is 3. The second kappa shape index (κ2) is 3.56. The SMILES string of the molecule is CN1CCCc2c(C(F)(F)F)nc3nncn3c21. The second-order valence-electron chi connectivity index (χ2n) is 4.29. The summed E-state index contributed by atoms with van der Waals surface area (Å²) in [5.41, 5.74) is -0.617. The molecule has 0 aliphatic carbocycles. The Kier molecular flexibility index (Phi) is 2.23. The van der Waals surface area contributed by atoms with E-state index in [0.717, 1.165) is 0 Å². The van der Waals surface area contributed by atoms with E-state index in [0.29, 0.717) is 25.2 Å². The van der Waals surface area contributed by atoms with Crippen LogP contribution in [0.3, 0.4) is 0 Å². The Bertz CT molecular complexity index is 603. The first-order valence-corrected chi connectivity index (χ1v) is 5.49. The fraction of sp³-hybridized carbons (Fsp3) is 0.500. The van der Waals surface area contributed by atoms with Crippen LogP contribution >= 0.6 is 0 Å². The highest BCUT2D eigenvalue weighted by molar-refractivity contribution is 5.57. The van der Waals surface area contributed by atoms with Gasteiger partial charge in [-0.15, -0.1) is 10.2 Å². The van der Waals surface area contributed by atoms with E-state index in [-0.39, 0.29) is 11.3 Å². The lowest BCUT2D eigenvalue weighted by atomic mass is 10.0. The van der Waals surface area contributed by atoms with Crippen LogP contribution in [0.4, 0.5) is 19.0 Å². The van der Waals surface area contributed by atoms with E-state index in [1.807, 2.05) is 0 Å². The van der Waals surface area contributed by atoms with Crippen LogP contribution in [0, 0.1) is 0 Å². The van der Waals surface area contributed by atoms with E-state index in [9.17, 15) is 13.2 Å². The zero-order valence-corrected chi connectivity index (χ0v) is 9.57. The quantitative estimate of drug-likeness (QED) is 0.718. The maximum atomic E-state index is 13.0. The number of rotatable bonds is 0. The van der Waals surface area contributed by atoms with Gasteiger partial charge in [0.05, 0.1) is 0 Å². The Balaban J connectivity index is 2.38. The van der Waals surface area contributed by atoms with Crippen molar-refractivity contribution in [1.29, 1.82) is 0 Å². The van der Waals surface area contributed by atoms with Gasteiger partial charge in [-0.1, -0.05) is 0 Å². The van der Waals surface area contributed by atoms with Crippen LogP contribution in [-0.4, -0.2) is 33.2 Å². The normalized spacial score (nSPS) is 16.1. The van der Waals surface area contributed by atoms with Gasteiger partial charge in [-0.3, -0.25) is 4.40 Å². The number of hydrogen-bond donors (Lipinski definition) is 0. The van der Waals surface area contributed by atoms with Gasteiger partial charge in [0, 0.05) is 19.2 Å². The van der Waals surface area contributed by atoms with Crippen molar-refractivity contribution >= 4 is 11.6 Å². The summed E-state index contributed by atoms with van der Waals surface area (Å²) in [5.74, 6) is 0.471. The smallest absolute Gasteiger partial charge is 0.360 e. The van der Waals surface area contributed by atoms with Gasteiger partial charge in [0.15, 0.2) is 5.69 Å². The molecule has 0 radical (unpaired) electrons. The molecule has 0 spiro atoms. The Hall–Kier alpha value is -1.86. The Morgan fingerprint density at radius 2 is 2.11 bits per heavy atom. The maximum absolute atomic E-state index is 13.0. The molecule has 0 saturated heterocycles. The zero-order chi connectivity index (χ0) is 12.9. The van der Waals surface area contributed by atoms with Crippen LogP contribution in [0.2, 0.25) is 0 Å². The van der Waals surface area contributed by atoms with E-state index in [2.05, 4.69) is 15.2 Å². The molecule has 0 unspecified atom stereocenters. The molecule has 2 aromatic rings. The molecule has 3 rings (SSSR count). The van der Waals surface area contributed by atoms with E-state index < -0.39 is 11.9 Å². The number of fused-ring (bicyclic) bond motifs is 3. The third-order valence-corrected chi connectivity index (χ3v) is 3.08. The summed E-state index contributed by atoms with van der Waals surface area (Å²) in [6.07, 6.45) is -2.02. The van der Waals surface area contributed by atoms with Gasteiger partial charge in [0.25, 0.3) is 5.78 Å². The molecule has 0 bridgehead atoms. The van der Waals surface area contributed by atoms with Crippen LogP contribution in [0.1, 0.15) is 17.7 Å². The number of hydrogen-bond acceptors (Lipinski definition) is 4. The van der Waals surface area contributed by atoms with Crippen molar-refractivity contribution in [3.63, 3.8) is 0 Å².